The van der Waals surface area contributed by atoms with E-state index in [1.54, 1.807) is 12.1 Å². The van der Waals surface area contributed by atoms with Gasteiger partial charge in [-0.1, -0.05) is 59.1 Å². The summed E-state index contributed by atoms with van der Waals surface area (Å²) in [6, 6.07) is 17.1. The predicted molar refractivity (Wildman–Crippen MR) is 110 cm³/mol. The summed E-state index contributed by atoms with van der Waals surface area (Å²) in [5, 5.41) is 11.2. The maximum absolute atomic E-state index is 9.61. The quantitative estimate of drug-likeness (QED) is 0.429. The number of aromatic nitrogens is 1. The lowest BCUT2D eigenvalue weighted by Crippen LogP contribution is -2.00. The van der Waals surface area contributed by atoms with Crippen LogP contribution in [0.5, 0.6) is 0 Å². The van der Waals surface area contributed by atoms with Crippen molar-refractivity contribution in [3.63, 3.8) is 0 Å². The molecule has 0 atom stereocenters. The van der Waals surface area contributed by atoms with E-state index in [9.17, 15) is 5.26 Å². The summed E-state index contributed by atoms with van der Waals surface area (Å²) in [5.41, 5.74) is 4.91. The van der Waals surface area contributed by atoms with Gasteiger partial charge in [0.15, 0.2) is 0 Å². The second-order valence-electron chi connectivity index (χ2n) is 5.88. The van der Waals surface area contributed by atoms with Gasteiger partial charge < -0.3 is 4.57 Å². The number of halogens is 3. The fourth-order valence-corrected chi connectivity index (χ4v) is 3.59. The zero-order valence-corrected chi connectivity index (χ0v) is 16.5. The van der Waals surface area contributed by atoms with Gasteiger partial charge in [0, 0.05) is 22.0 Å². The van der Waals surface area contributed by atoms with Crippen molar-refractivity contribution in [3.05, 3.63) is 86.1 Å². The lowest BCUT2D eigenvalue weighted by atomic mass is 10.0. The molecule has 2 aromatic carbocycles. The van der Waals surface area contributed by atoms with Crippen LogP contribution in [0, 0.1) is 25.2 Å². The highest BCUT2D eigenvalue weighted by atomic mass is 35.5. The summed E-state index contributed by atoms with van der Waals surface area (Å²) in [6.07, 6.45) is 1.85. The molecule has 0 saturated carbocycles. The molecule has 0 aliphatic heterocycles. The van der Waals surface area contributed by atoms with Crippen LogP contribution in [0.2, 0.25) is 15.1 Å². The number of nitriles is 1. The van der Waals surface area contributed by atoms with Gasteiger partial charge in [0.25, 0.3) is 0 Å². The van der Waals surface area contributed by atoms with E-state index in [-0.39, 0.29) is 0 Å². The smallest absolute Gasteiger partial charge is 0.0998 e. The van der Waals surface area contributed by atoms with Gasteiger partial charge >= 0.3 is 0 Å². The van der Waals surface area contributed by atoms with Crippen LogP contribution in [0.1, 0.15) is 22.5 Å². The summed E-state index contributed by atoms with van der Waals surface area (Å²) in [6.45, 7) is 3.97. The van der Waals surface area contributed by atoms with E-state index in [2.05, 4.69) is 6.07 Å². The molecule has 2 nitrogen and oxygen atoms in total. The molecular formula is C21H15Cl3N2. The van der Waals surface area contributed by atoms with Crippen LogP contribution in [0.3, 0.4) is 0 Å². The second-order valence-corrected chi connectivity index (χ2v) is 7.08. The summed E-state index contributed by atoms with van der Waals surface area (Å²) in [7, 11) is 0. The molecule has 0 unspecified atom stereocenters. The molecule has 0 saturated heterocycles. The first-order valence-electron chi connectivity index (χ1n) is 7.94. The van der Waals surface area contributed by atoms with Crippen LogP contribution in [0.15, 0.2) is 48.5 Å². The highest BCUT2D eigenvalue weighted by Crippen LogP contribution is 2.33. The Morgan fingerprint density at radius 3 is 2.38 bits per heavy atom. The standard InChI is InChI=1S/C21H15Cl3N2/c1-13-10-15(11-16(12-25)17-6-3-4-7-18(17)22)14(2)26(13)20-9-5-8-19(23)21(20)24/h3-11H,1-2H3. The third-order valence-corrected chi connectivity index (χ3v) is 5.37. The maximum Gasteiger partial charge on any atom is 0.0998 e. The molecular weight excluding hydrogens is 387 g/mol. The van der Waals surface area contributed by atoms with Gasteiger partial charge in [-0.25, -0.2) is 0 Å². The van der Waals surface area contributed by atoms with Crippen LogP contribution >= 0.6 is 34.8 Å². The van der Waals surface area contributed by atoms with E-state index in [0.717, 1.165) is 22.6 Å². The van der Waals surface area contributed by atoms with E-state index in [0.29, 0.717) is 26.2 Å². The molecule has 3 aromatic rings. The first-order chi connectivity index (χ1) is 12.4. The molecule has 0 amide bonds. The Balaban J connectivity index is 2.16. The average Bonchev–Trinajstić information content (AvgIpc) is 2.90. The minimum atomic E-state index is 0.498. The monoisotopic (exact) mass is 400 g/mol. The molecule has 1 aromatic heterocycles. The Hall–Kier alpha value is -2.18. The van der Waals surface area contributed by atoms with E-state index < -0.39 is 0 Å². The van der Waals surface area contributed by atoms with Gasteiger partial charge in [-0.2, -0.15) is 5.26 Å². The van der Waals surface area contributed by atoms with E-state index in [4.69, 9.17) is 34.8 Å². The minimum Gasteiger partial charge on any atom is -0.316 e. The first kappa shape index (κ1) is 18.6. The van der Waals surface area contributed by atoms with Gasteiger partial charge in [-0.3, -0.25) is 0 Å². The molecule has 0 spiro atoms. The average molecular weight is 402 g/mol. The maximum atomic E-state index is 9.61. The zero-order chi connectivity index (χ0) is 18.8. The van der Waals surface area contributed by atoms with Crippen molar-refractivity contribution in [2.45, 2.75) is 13.8 Å². The van der Waals surface area contributed by atoms with Crippen LogP contribution in [-0.2, 0) is 0 Å². The van der Waals surface area contributed by atoms with Gasteiger partial charge in [0.05, 0.1) is 27.4 Å². The summed E-state index contributed by atoms with van der Waals surface area (Å²) >= 11 is 18.8. The van der Waals surface area contributed by atoms with Crippen molar-refractivity contribution in [1.82, 2.24) is 4.57 Å². The zero-order valence-electron chi connectivity index (χ0n) is 14.2. The Bertz CT molecular complexity index is 1060. The normalized spacial score (nSPS) is 11.5. The molecule has 5 heteroatoms. The van der Waals surface area contributed by atoms with Crippen molar-refractivity contribution < 1.29 is 0 Å². The summed E-state index contributed by atoms with van der Waals surface area (Å²) in [5.74, 6) is 0. The van der Waals surface area contributed by atoms with Gasteiger partial charge in [0.2, 0.25) is 0 Å². The highest BCUT2D eigenvalue weighted by molar-refractivity contribution is 6.43. The number of benzene rings is 2. The van der Waals surface area contributed by atoms with Crippen LogP contribution in [0.4, 0.5) is 0 Å². The molecule has 0 aliphatic carbocycles. The van der Waals surface area contributed by atoms with Crippen LogP contribution in [0.25, 0.3) is 17.3 Å². The van der Waals surface area contributed by atoms with Crippen molar-refractivity contribution in [1.29, 1.82) is 5.26 Å². The van der Waals surface area contributed by atoms with E-state index in [1.807, 2.05) is 60.9 Å². The Morgan fingerprint density at radius 1 is 1.00 bits per heavy atom. The number of hydrogen-bond acceptors (Lipinski definition) is 1. The third kappa shape index (κ3) is 3.39. The minimum absolute atomic E-state index is 0.498. The summed E-state index contributed by atoms with van der Waals surface area (Å²) in [4.78, 5) is 0. The molecule has 26 heavy (non-hydrogen) atoms. The van der Waals surface area contributed by atoms with E-state index >= 15 is 0 Å². The van der Waals surface area contributed by atoms with Gasteiger partial charge in [-0.15, -0.1) is 0 Å². The number of allylic oxidation sites excluding steroid dienone is 1. The van der Waals surface area contributed by atoms with Crippen LogP contribution < -0.4 is 0 Å². The highest BCUT2D eigenvalue weighted by Gasteiger charge is 2.15. The molecule has 130 valence electrons. The first-order valence-corrected chi connectivity index (χ1v) is 9.07. The largest absolute Gasteiger partial charge is 0.316 e. The fraction of sp³-hybridized carbons (Fsp3) is 0.0952. The molecule has 0 N–H and O–H groups in total. The number of rotatable bonds is 3. The lowest BCUT2D eigenvalue weighted by Gasteiger charge is -2.12. The Kier molecular flexibility index (Phi) is 5.44. The van der Waals surface area contributed by atoms with Crippen molar-refractivity contribution in [3.8, 4) is 11.8 Å². The summed E-state index contributed by atoms with van der Waals surface area (Å²) < 4.78 is 2.03. The molecule has 0 aliphatic rings. The van der Waals surface area contributed by atoms with E-state index in [1.165, 1.54) is 0 Å². The third-order valence-electron chi connectivity index (χ3n) is 4.23. The lowest BCUT2D eigenvalue weighted by molar-refractivity contribution is 0.965. The van der Waals surface area contributed by atoms with Crippen LogP contribution in [-0.4, -0.2) is 4.57 Å². The second kappa shape index (κ2) is 7.60. The number of hydrogen-bond donors (Lipinski definition) is 0. The van der Waals surface area contributed by atoms with Crippen molar-refractivity contribution >= 4 is 46.5 Å². The van der Waals surface area contributed by atoms with Crippen molar-refractivity contribution in [2.24, 2.45) is 0 Å². The Morgan fingerprint density at radius 2 is 1.69 bits per heavy atom. The molecule has 0 fully saturated rings. The van der Waals surface area contributed by atoms with Crippen molar-refractivity contribution in [2.75, 3.05) is 0 Å². The number of nitrogens with zero attached hydrogens (tertiary/aromatic N) is 2. The number of aryl methyl sites for hydroxylation is 1. The molecule has 0 radical (unpaired) electrons. The SMILES string of the molecule is Cc1cc(C=C(C#N)c2ccccc2Cl)c(C)n1-c1cccc(Cl)c1Cl. The predicted octanol–water partition coefficient (Wildman–Crippen LogP) is 7.12. The van der Waals surface area contributed by atoms with Gasteiger partial charge in [-0.05, 0) is 49.8 Å². The molecule has 3 rings (SSSR count). The topological polar surface area (TPSA) is 28.7 Å². The molecule has 0 bridgehead atoms. The Labute approximate surface area is 167 Å². The van der Waals surface area contributed by atoms with Gasteiger partial charge in [0.1, 0.15) is 0 Å². The fourth-order valence-electron chi connectivity index (χ4n) is 2.97. The molecule has 1 heterocycles.